The summed E-state index contributed by atoms with van der Waals surface area (Å²) in [6, 6.07) is 0. The molecule has 0 fully saturated rings. The number of ether oxygens (including phenoxy) is 2. The van der Waals surface area contributed by atoms with Crippen LogP contribution in [0.2, 0.25) is 0 Å². The molecule has 0 rings (SSSR count). The van der Waals surface area contributed by atoms with Gasteiger partial charge < -0.3 is 9.47 Å². The number of esters is 2. The molecule has 0 saturated carbocycles. The van der Waals surface area contributed by atoms with Crippen LogP contribution in [0, 0.1) is 5.92 Å². The van der Waals surface area contributed by atoms with E-state index in [1.165, 1.54) is 77.0 Å². The van der Waals surface area contributed by atoms with Crippen molar-refractivity contribution in [3.05, 3.63) is 0 Å². The highest BCUT2D eigenvalue weighted by Gasteiger charge is 2.07. The Labute approximate surface area is 206 Å². The Morgan fingerprint density at radius 2 is 0.970 bits per heavy atom. The third-order valence-corrected chi connectivity index (χ3v) is 6.33. The van der Waals surface area contributed by atoms with E-state index in [0.29, 0.717) is 32.0 Å². The van der Waals surface area contributed by atoms with Crippen molar-refractivity contribution in [1.82, 2.24) is 0 Å². The van der Waals surface area contributed by atoms with Gasteiger partial charge in [-0.05, 0) is 31.6 Å². The van der Waals surface area contributed by atoms with Gasteiger partial charge in [0.05, 0.1) is 13.2 Å². The van der Waals surface area contributed by atoms with Crippen LogP contribution in [0.5, 0.6) is 0 Å². The number of carbonyl (C=O) groups excluding carboxylic acids is 2. The SMILES string of the molecule is CCCCCCCCCCCCCCCCOC(=O)CCCCCC(=O)OCC(C)CCC. The van der Waals surface area contributed by atoms with Gasteiger partial charge in [0, 0.05) is 12.8 Å². The molecule has 33 heavy (non-hydrogen) atoms. The number of rotatable bonds is 25. The molecule has 0 aliphatic rings. The molecule has 0 radical (unpaired) electrons. The highest BCUT2D eigenvalue weighted by atomic mass is 16.5. The van der Waals surface area contributed by atoms with Crippen molar-refractivity contribution in [2.45, 2.75) is 156 Å². The topological polar surface area (TPSA) is 52.6 Å². The van der Waals surface area contributed by atoms with E-state index in [1.54, 1.807) is 0 Å². The Hall–Kier alpha value is -1.06. The Kier molecular flexibility index (Phi) is 24.7. The Bertz CT molecular complexity index is 435. The molecule has 0 amide bonds. The molecule has 0 aromatic carbocycles. The van der Waals surface area contributed by atoms with E-state index in [0.717, 1.165) is 44.9 Å². The van der Waals surface area contributed by atoms with Gasteiger partial charge in [0.2, 0.25) is 0 Å². The number of unbranched alkanes of at least 4 members (excludes halogenated alkanes) is 15. The number of carbonyl (C=O) groups is 2. The summed E-state index contributed by atoms with van der Waals surface area (Å²) in [6.45, 7) is 7.61. The summed E-state index contributed by atoms with van der Waals surface area (Å²) in [5, 5.41) is 0. The lowest BCUT2D eigenvalue weighted by atomic mass is 10.0. The maximum atomic E-state index is 11.8. The minimum absolute atomic E-state index is 0.0966. The zero-order valence-electron chi connectivity index (χ0n) is 22.5. The molecule has 0 aliphatic heterocycles. The minimum Gasteiger partial charge on any atom is -0.466 e. The monoisotopic (exact) mass is 468 g/mol. The highest BCUT2D eigenvalue weighted by molar-refractivity contribution is 5.69. The van der Waals surface area contributed by atoms with E-state index in [9.17, 15) is 9.59 Å². The molecule has 0 aliphatic carbocycles. The molecule has 0 spiro atoms. The second-order valence-corrected chi connectivity index (χ2v) is 9.95. The van der Waals surface area contributed by atoms with Crippen LogP contribution in [0.1, 0.15) is 156 Å². The first kappa shape index (κ1) is 31.9. The first-order valence-electron chi connectivity index (χ1n) is 14.4. The van der Waals surface area contributed by atoms with Gasteiger partial charge >= 0.3 is 11.9 Å². The lowest BCUT2D eigenvalue weighted by Gasteiger charge is -2.10. The molecule has 1 unspecified atom stereocenters. The number of hydrogen-bond donors (Lipinski definition) is 0. The van der Waals surface area contributed by atoms with E-state index in [1.807, 2.05) is 0 Å². The van der Waals surface area contributed by atoms with Gasteiger partial charge in [-0.15, -0.1) is 0 Å². The maximum Gasteiger partial charge on any atom is 0.305 e. The second-order valence-electron chi connectivity index (χ2n) is 9.95. The molecule has 0 bridgehead atoms. The van der Waals surface area contributed by atoms with Gasteiger partial charge in [0.25, 0.3) is 0 Å². The van der Waals surface area contributed by atoms with E-state index >= 15 is 0 Å². The maximum absolute atomic E-state index is 11.8. The van der Waals surface area contributed by atoms with E-state index in [-0.39, 0.29) is 11.9 Å². The van der Waals surface area contributed by atoms with Crippen molar-refractivity contribution in [3.8, 4) is 0 Å². The van der Waals surface area contributed by atoms with Gasteiger partial charge in [0.1, 0.15) is 0 Å². The lowest BCUT2D eigenvalue weighted by molar-refractivity contribution is -0.145. The van der Waals surface area contributed by atoms with E-state index < -0.39 is 0 Å². The average Bonchev–Trinajstić information content (AvgIpc) is 2.80. The van der Waals surface area contributed by atoms with Crippen molar-refractivity contribution >= 4 is 11.9 Å². The molecular weight excluding hydrogens is 412 g/mol. The zero-order chi connectivity index (χ0) is 24.4. The molecule has 0 aromatic heterocycles. The molecule has 196 valence electrons. The fraction of sp³-hybridized carbons (Fsp3) is 0.931. The minimum atomic E-state index is -0.113. The molecule has 4 heteroatoms. The van der Waals surface area contributed by atoms with Crippen molar-refractivity contribution in [3.63, 3.8) is 0 Å². The van der Waals surface area contributed by atoms with Gasteiger partial charge in [-0.2, -0.15) is 0 Å². The van der Waals surface area contributed by atoms with Crippen molar-refractivity contribution in [1.29, 1.82) is 0 Å². The summed E-state index contributed by atoms with van der Waals surface area (Å²) in [6.07, 6.45) is 24.2. The lowest BCUT2D eigenvalue weighted by Crippen LogP contribution is -2.11. The van der Waals surface area contributed by atoms with Crippen LogP contribution >= 0.6 is 0 Å². The van der Waals surface area contributed by atoms with Crippen molar-refractivity contribution < 1.29 is 19.1 Å². The Morgan fingerprint density at radius 1 is 0.545 bits per heavy atom. The van der Waals surface area contributed by atoms with Gasteiger partial charge in [-0.3, -0.25) is 9.59 Å². The van der Waals surface area contributed by atoms with Crippen LogP contribution in [-0.4, -0.2) is 25.2 Å². The predicted octanol–water partition coefficient (Wildman–Crippen LogP) is 8.94. The molecule has 0 N–H and O–H groups in total. The summed E-state index contributed by atoms with van der Waals surface area (Å²) in [4.78, 5) is 23.5. The van der Waals surface area contributed by atoms with Gasteiger partial charge in [-0.1, -0.05) is 117 Å². The smallest absolute Gasteiger partial charge is 0.305 e. The largest absolute Gasteiger partial charge is 0.466 e. The Balaban J connectivity index is 3.28. The van der Waals surface area contributed by atoms with Crippen LogP contribution in [0.3, 0.4) is 0 Å². The van der Waals surface area contributed by atoms with Crippen LogP contribution in [-0.2, 0) is 19.1 Å². The van der Waals surface area contributed by atoms with Crippen molar-refractivity contribution in [2.75, 3.05) is 13.2 Å². The molecule has 0 aromatic rings. The third kappa shape index (κ3) is 25.4. The average molecular weight is 469 g/mol. The van der Waals surface area contributed by atoms with Crippen LogP contribution in [0.4, 0.5) is 0 Å². The first-order valence-corrected chi connectivity index (χ1v) is 14.4. The molecule has 0 heterocycles. The molecule has 1 atom stereocenters. The summed E-state index contributed by atoms with van der Waals surface area (Å²) in [5.41, 5.74) is 0. The summed E-state index contributed by atoms with van der Waals surface area (Å²) in [7, 11) is 0. The standard InChI is InChI=1S/C29H56O4/c1-4-6-7-8-9-10-11-12-13-14-15-16-17-21-25-32-28(30)23-19-18-20-24-29(31)33-26-27(3)22-5-2/h27H,4-26H2,1-3H3. The van der Waals surface area contributed by atoms with E-state index in [4.69, 9.17) is 9.47 Å². The van der Waals surface area contributed by atoms with Crippen LogP contribution in [0.15, 0.2) is 0 Å². The number of hydrogen-bond acceptors (Lipinski definition) is 4. The predicted molar refractivity (Wildman–Crippen MR) is 139 cm³/mol. The fourth-order valence-electron chi connectivity index (χ4n) is 4.15. The van der Waals surface area contributed by atoms with Gasteiger partial charge in [-0.25, -0.2) is 0 Å². The fourth-order valence-corrected chi connectivity index (χ4v) is 4.15. The summed E-state index contributed by atoms with van der Waals surface area (Å²) < 4.78 is 10.6. The molecule has 0 saturated heterocycles. The second kappa shape index (κ2) is 25.6. The van der Waals surface area contributed by atoms with Crippen molar-refractivity contribution in [2.24, 2.45) is 5.92 Å². The first-order chi connectivity index (χ1) is 16.1. The Morgan fingerprint density at radius 3 is 1.45 bits per heavy atom. The molecular formula is C29H56O4. The zero-order valence-corrected chi connectivity index (χ0v) is 22.5. The van der Waals surface area contributed by atoms with E-state index in [2.05, 4.69) is 20.8 Å². The summed E-state index contributed by atoms with van der Waals surface area (Å²) >= 11 is 0. The van der Waals surface area contributed by atoms with Crippen LogP contribution in [0.25, 0.3) is 0 Å². The molecule has 4 nitrogen and oxygen atoms in total. The summed E-state index contributed by atoms with van der Waals surface area (Å²) in [5.74, 6) is 0.229. The van der Waals surface area contributed by atoms with Gasteiger partial charge in [0.15, 0.2) is 0 Å². The quantitative estimate of drug-likeness (QED) is 0.0991. The highest BCUT2D eigenvalue weighted by Crippen LogP contribution is 2.13. The third-order valence-electron chi connectivity index (χ3n) is 6.33. The normalized spacial score (nSPS) is 12.0. The van der Waals surface area contributed by atoms with Crippen LogP contribution < -0.4 is 0 Å².